The zero-order valence-corrected chi connectivity index (χ0v) is 20.1. The highest BCUT2D eigenvalue weighted by atomic mass is 16.2. The Balaban J connectivity index is 1.70. The number of carbonyl (C=O) groups is 2. The van der Waals surface area contributed by atoms with Crippen molar-refractivity contribution in [1.29, 1.82) is 0 Å². The van der Waals surface area contributed by atoms with Crippen LogP contribution in [-0.4, -0.2) is 43.5 Å². The minimum atomic E-state index is -0.951. The Kier molecular flexibility index (Phi) is 5.34. The first-order valence-corrected chi connectivity index (χ1v) is 12.3. The molecule has 2 aliphatic rings. The van der Waals surface area contributed by atoms with Crippen molar-refractivity contribution in [2.75, 3.05) is 0 Å². The molecule has 0 saturated heterocycles. The van der Waals surface area contributed by atoms with Gasteiger partial charge in [0, 0.05) is 29.9 Å². The summed E-state index contributed by atoms with van der Waals surface area (Å²) in [7, 11) is 0. The van der Waals surface area contributed by atoms with Crippen LogP contribution in [0.4, 0.5) is 0 Å². The van der Waals surface area contributed by atoms with Crippen LogP contribution in [-0.2, 0) is 11.3 Å². The summed E-state index contributed by atoms with van der Waals surface area (Å²) in [5.41, 5.74) is 2.75. The first-order valence-electron chi connectivity index (χ1n) is 12.3. The van der Waals surface area contributed by atoms with Gasteiger partial charge >= 0.3 is 0 Å². The lowest BCUT2D eigenvalue weighted by Gasteiger charge is -2.47. The second-order valence-electron chi connectivity index (χ2n) is 10.1. The number of carbonyl (C=O) groups excluding carboxylic acids is 2. The van der Waals surface area contributed by atoms with Crippen LogP contribution >= 0.6 is 0 Å². The maximum Gasteiger partial charge on any atom is 0.273 e. The minimum absolute atomic E-state index is 0.0369. The largest absolute Gasteiger partial charge is 0.351 e. The molecular weight excluding hydrogens is 412 g/mol. The van der Waals surface area contributed by atoms with Gasteiger partial charge in [0.15, 0.2) is 0 Å². The van der Waals surface area contributed by atoms with Crippen LogP contribution in [0.15, 0.2) is 42.7 Å². The molecular formula is C27H34N4O2. The lowest BCUT2D eigenvalue weighted by molar-refractivity contribution is -0.134. The molecule has 1 aliphatic heterocycles. The zero-order valence-electron chi connectivity index (χ0n) is 20.1. The van der Waals surface area contributed by atoms with E-state index in [1.54, 1.807) is 0 Å². The Morgan fingerprint density at radius 2 is 1.91 bits per heavy atom. The molecule has 6 heteroatoms. The molecule has 174 valence electrons. The summed E-state index contributed by atoms with van der Waals surface area (Å²) in [6.45, 7) is 8.59. The fraction of sp³-hybridized carbons (Fsp3) is 0.481. The van der Waals surface area contributed by atoms with Crippen molar-refractivity contribution in [2.45, 2.75) is 84.0 Å². The van der Waals surface area contributed by atoms with Gasteiger partial charge in [0.05, 0.1) is 17.7 Å². The molecule has 0 radical (unpaired) electrons. The molecule has 1 aliphatic carbocycles. The van der Waals surface area contributed by atoms with Crippen molar-refractivity contribution in [1.82, 2.24) is 19.4 Å². The van der Waals surface area contributed by atoms with Gasteiger partial charge < -0.3 is 19.4 Å². The van der Waals surface area contributed by atoms with E-state index in [1.807, 2.05) is 40.9 Å². The standard InChI is InChI=1S/C27H34N4O2/c1-5-19(3)31-25(32)24-23(29-14-8-9-15-29)21-16-18(2)12-13-22(21)30(24)17-27(31,4)26(33)28-20-10-6-7-11-20/h8-9,12-16,19-20H,5-7,10-11,17H2,1-4H3,(H,28,33)/t19-,27+/m0/s1. The Morgan fingerprint density at radius 3 is 2.58 bits per heavy atom. The smallest absolute Gasteiger partial charge is 0.273 e. The van der Waals surface area contributed by atoms with Crippen molar-refractivity contribution in [3.05, 3.63) is 54.0 Å². The number of nitrogens with zero attached hydrogens (tertiary/aromatic N) is 3. The summed E-state index contributed by atoms with van der Waals surface area (Å²) in [6, 6.07) is 10.4. The van der Waals surface area contributed by atoms with Gasteiger partial charge in [-0.15, -0.1) is 0 Å². The fourth-order valence-electron chi connectivity index (χ4n) is 5.76. The molecule has 1 N–H and O–H groups in total. The van der Waals surface area contributed by atoms with Crippen molar-refractivity contribution in [2.24, 2.45) is 0 Å². The van der Waals surface area contributed by atoms with Crippen LogP contribution < -0.4 is 5.32 Å². The number of rotatable bonds is 5. The Hall–Kier alpha value is -3.02. The van der Waals surface area contributed by atoms with Crippen LogP contribution in [0.2, 0.25) is 0 Å². The van der Waals surface area contributed by atoms with Gasteiger partial charge in [-0.25, -0.2) is 0 Å². The van der Waals surface area contributed by atoms with Crippen molar-refractivity contribution < 1.29 is 9.59 Å². The quantitative estimate of drug-likeness (QED) is 0.611. The van der Waals surface area contributed by atoms with Crippen molar-refractivity contribution in [3.63, 3.8) is 0 Å². The van der Waals surface area contributed by atoms with E-state index in [9.17, 15) is 9.59 Å². The highest BCUT2D eigenvalue weighted by Gasteiger charge is 2.50. The van der Waals surface area contributed by atoms with Crippen LogP contribution in [0.5, 0.6) is 0 Å². The Morgan fingerprint density at radius 1 is 1.21 bits per heavy atom. The molecule has 33 heavy (non-hydrogen) atoms. The van der Waals surface area contributed by atoms with Crippen molar-refractivity contribution >= 4 is 22.7 Å². The molecule has 0 spiro atoms. The van der Waals surface area contributed by atoms with Gasteiger partial charge in [0.25, 0.3) is 5.91 Å². The van der Waals surface area contributed by atoms with Gasteiger partial charge in [0.2, 0.25) is 5.91 Å². The maximum atomic E-state index is 14.3. The minimum Gasteiger partial charge on any atom is -0.351 e. The van der Waals surface area contributed by atoms with Gasteiger partial charge in [0.1, 0.15) is 11.2 Å². The lowest BCUT2D eigenvalue weighted by atomic mass is 9.91. The molecule has 2 atom stereocenters. The molecule has 1 saturated carbocycles. The summed E-state index contributed by atoms with van der Waals surface area (Å²) in [6.07, 6.45) is 9.11. The third-order valence-electron chi connectivity index (χ3n) is 7.69. The monoisotopic (exact) mass is 446 g/mol. The lowest BCUT2D eigenvalue weighted by Crippen LogP contribution is -2.66. The summed E-state index contributed by atoms with van der Waals surface area (Å²) in [5.74, 6) is -0.109. The van der Waals surface area contributed by atoms with E-state index >= 15 is 0 Å². The van der Waals surface area contributed by atoms with E-state index in [-0.39, 0.29) is 23.9 Å². The van der Waals surface area contributed by atoms with Gasteiger partial charge in [-0.2, -0.15) is 0 Å². The van der Waals surface area contributed by atoms with Crippen LogP contribution in [0, 0.1) is 6.92 Å². The van der Waals surface area contributed by atoms with Gasteiger partial charge in [-0.05, 0) is 64.3 Å². The van der Waals surface area contributed by atoms with Crippen LogP contribution in [0.3, 0.4) is 0 Å². The van der Waals surface area contributed by atoms with Crippen LogP contribution in [0.1, 0.15) is 68.9 Å². The maximum absolute atomic E-state index is 14.3. The zero-order chi connectivity index (χ0) is 23.3. The number of aryl methyl sites for hydroxylation is 1. The number of benzene rings is 1. The number of aromatic nitrogens is 2. The Labute approximate surface area is 195 Å². The first kappa shape index (κ1) is 21.8. The average molecular weight is 447 g/mol. The summed E-state index contributed by atoms with van der Waals surface area (Å²) in [5, 5.41) is 4.33. The topological polar surface area (TPSA) is 59.3 Å². The molecule has 1 aromatic carbocycles. The number of hydrogen-bond acceptors (Lipinski definition) is 2. The molecule has 2 aromatic heterocycles. The molecule has 3 aromatic rings. The van der Waals surface area contributed by atoms with E-state index in [2.05, 4.69) is 48.9 Å². The SMILES string of the molecule is CC[C@H](C)N1C(=O)c2c(-n3cccc3)c3cc(C)ccc3n2C[C@]1(C)C(=O)NC1CCCC1. The van der Waals surface area contributed by atoms with Crippen LogP contribution in [0.25, 0.3) is 16.6 Å². The highest BCUT2D eigenvalue weighted by molar-refractivity contribution is 6.09. The van der Waals surface area contributed by atoms with E-state index in [0.29, 0.717) is 12.2 Å². The summed E-state index contributed by atoms with van der Waals surface area (Å²) in [4.78, 5) is 29.9. The molecule has 0 bridgehead atoms. The van der Waals surface area contributed by atoms with Gasteiger partial charge in [-0.3, -0.25) is 9.59 Å². The third kappa shape index (κ3) is 3.38. The predicted octanol–water partition coefficient (Wildman–Crippen LogP) is 4.81. The first-order chi connectivity index (χ1) is 15.8. The van der Waals surface area contributed by atoms with E-state index in [0.717, 1.165) is 54.3 Å². The average Bonchev–Trinajstić information content (AvgIpc) is 3.54. The number of fused-ring (bicyclic) bond motifs is 3. The van der Waals surface area contributed by atoms with E-state index < -0.39 is 5.54 Å². The van der Waals surface area contributed by atoms with Crippen molar-refractivity contribution in [3.8, 4) is 5.69 Å². The number of hydrogen-bond donors (Lipinski definition) is 1. The fourth-order valence-corrected chi connectivity index (χ4v) is 5.76. The normalized spacial score (nSPS) is 22.1. The molecule has 2 amide bonds. The Bertz CT molecular complexity index is 1200. The predicted molar refractivity (Wildman–Crippen MR) is 131 cm³/mol. The van der Waals surface area contributed by atoms with E-state index in [4.69, 9.17) is 0 Å². The van der Waals surface area contributed by atoms with Gasteiger partial charge in [-0.1, -0.05) is 31.4 Å². The summed E-state index contributed by atoms with van der Waals surface area (Å²) >= 11 is 0. The molecule has 5 rings (SSSR count). The summed E-state index contributed by atoms with van der Waals surface area (Å²) < 4.78 is 4.11. The van der Waals surface area contributed by atoms with E-state index in [1.165, 1.54) is 0 Å². The molecule has 6 nitrogen and oxygen atoms in total. The number of amides is 2. The highest BCUT2D eigenvalue weighted by Crippen LogP contribution is 2.39. The second-order valence-corrected chi connectivity index (χ2v) is 10.1. The third-order valence-corrected chi connectivity index (χ3v) is 7.69. The molecule has 0 unspecified atom stereocenters. The number of nitrogens with one attached hydrogen (secondary N) is 1. The second kappa shape index (κ2) is 8.08. The molecule has 3 heterocycles. The molecule has 1 fully saturated rings.